The van der Waals surface area contributed by atoms with Crippen LogP contribution >= 0.6 is 11.6 Å². The zero-order chi connectivity index (χ0) is 17.4. The zero-order valence-electron chi connectivity index (χ0n) is 13.7. The first-order chi connectivity index (χ1) is 11.6. The Morgan fingerprint density at radius 3 is 2.83 bits per heavy atom. The molecule has 0 aliphatic heterocycles. The first-order valence-corrected chi connectivity index (χ1v) is 8.48. The Balaban J connectivity index is 2.08. The number of hydrogen-bond donors (Lipinski definition) is 1. The molecular formula is C17H22ClN3O3. The molecule has 1 aromatic heterocycles. The third-order valence-corrected chi connectivity index (χ3v) is 4.19. The van der Waals surface area contributed by atoms with E-state index in [9.17, 15) is 10.0 Å². The van der Waals surface area contributed by atoms with Crippen molar-refractivity contribution in [2.24, 2.45) is 0 Å². The Morgan fingerprint density at radius 1 is 1.33 bits per heavy atom. The average molecular weight is 352 g/mol. The fourth-order valence-electron chi connectivity index (χ4n) is 2.51. The number of aromatic nitrogens is 2. The molecule has 7 heteroatoms. The van der Waals surface area contributed by atoms with Crippen LogP contribution in [-0.4, -0.2) is 33.4 Å². The molecule has 1 amide bonds. The standard InChI is InChI=1S/C17H22ClN3O3/c1-2-3-4-8-14(11-21(23)12-22)17-20-19-16(24-17)10-13-7-5-6-9-15(13)18/h5-7,9,12,14,23H,2-4,8,10-11H2,1H3/t14-/m1/s1. The first-order valence-electron chi connectivity index (χ1n) is 8.10. The van der Waals surface area contributed by atoms with Gasteiger partial charge in [-0.15, -0.1) is 10.2 Å². The summed E-state index contributed by atoms with van der Waals surface area (Å²) in [4.78, 5) is 10.7. The molecule has 0 saturated heterocycles. The summed E-state index contributed by atoms with van der Waals surface area (Å²) in [6.45, 7) is 2.26. The predicted octanol–water partition coefficient (Wildman–Crippen LogP) is 3.83. The van der Waals surface area contributed by atoms with Gasteiger partial charge in [-0.2, -0.15) is 0 Å². The minimum atomic E-state index is -0.181. The van der Waals surface area contributed by atoms with E-state index in [4.69, 9.17) is 16.0 Å². The maximum absolute atomic E-state index is 10.7. The van der Waals surface area contributed by atoms with Crippen LogP contribution in [0.4, 0.5) is 0 Å². The van der Waals surface area contributed by atoms with Crippen molar-refractivity contribution in [2.45, 2.75) is 44.9 Å². The average Bonchev–Trinajstić information content (AvgIpc) is 3.04. The van der Waals surface area contributed by atoms with E-state index in [1.807, 2.05) is 24.3 Å². The van der Waals surface area contributed by atoms with Gasteiger partial charge in [-0.25, -0.2) is 5.06 Å². The fraction of sp³-hybridized carbons (Fsp3) is 0.471. The van der Waals surface area contributed by atoms with Crippen molar-refractivity contribution < 1.29 is 14.4 Å². The largest absolute Gasteiger partial charge is 0.425 e. The molecule has 0 radical (unpaired) electrons. The van der Waals surface area contributed by atoms with Gasteiger partial charge in [-0.3, -0.25) is 10.0 Å². The van der Waals surface area contributed by atoms with Crippen LogP contribution in [0.15, 0.2) is 28.7 Å². The van der Waals surface area contributed by atoms with E-state index < -0.39 is 0 Å². The number of benzene rings is 1. The number of rotatable bonds is 10. The molecule has 1 atom stereocenters. The van der Waals surface area contributed by atoms with Gasteiger partial charge in [0.15, 0.2) is 0 Å². The van der Waals surface area contributed by atoms with Gasteiger partial charge in [0.2, 0.25) is 18.2 Å². The lowest BCUT2D eigenvalue weighted by Gasteiger charge is -2.16. The van der Waals surface area contributed by atoms with Crippen LogP contribution in [0.25, 0.3) is 0 Å². The van der Waals surface area contributed by atoms with E-state index in [0.717, 1.165) is 31.2 Å². The fourth-order valence-corrected chi connectivity index (χ4v) is 2.71. The summed E-state index contributed by atoms with van der Waals surface area (Å²) in [6.07, 6.45) is 4.73. The predicted molar refractivity (Wildman–Crippen MR) is 90.0 cm³/mol. The number of unbranched alkanes of at least 4 members (excludes halogenated alkanes) is 2. The Kier molecular flexibility index (Phi) is 7.21. The molecule has 6 nitrogen and oxygen atoms in total. The van der Waals surface area contributed by atoms with E-state index >= 15 is 0 Å². The van der Waals surface area contributed by atoms with Crippen LogP contribution in [0.3, 0.4) is 0 Å². The Morgan fingerprint density at radius 2 is 2.12 bits per heavy atom. The highest BCUT2D eigenvalue weighted by Gasteiger charge is 2.21. The monoisotopic (exact) mass is 351 g/mol. The smallest absolute Gasteiger partial charge is 0.233 e. The van der Waals surface area contributed by atoms with Crippen LogP contribution in [0.1, 0.15) is 55.9 Å². The highest BCUT2D eigenvalue weighted by molar-refractivity contribution is 6.31. The SMILES string of the molecule is CCCCC[C@H](CN(O)C=O)c1nnc(Cc2ccccc2Cl)o1. The lowest BCUT2D eigenvalue weighted by Crippen LogP contribution is -2.24. The number of carbonyl (C=O) groups is 1. The molecule has 2 aromatic rings. The number of hydrogen-bond acceptors (Lipinski definition) is 5. The third kappa shape index (κ3) is 5.32. The van der Waals surface area contributed by atoms with Crippen LogP contribution in [-0.2, 0) is 11.2 Å². The second-order valence-corrected chi connectivity index (χ2v) is 6.13. The van der Waals surface area contributed by atoms with E-state index in [0.29, 0.717) is 34.7 Å². The normalized spacial score (nSPS) is 12.1. The maximum atomic E-state index is 10.7. The number of halogens is 1. The molecule has 0 aliphatic carbocycles. The lowest BCUT2D eigenvalue weighted by atomic mass is 10.0. The third-order valence-electron chi connectivity index (χ3n) is 3.82. The van der Waals surface area contributed by atoms with Crippen LogP contribution < -0.4 is 0 Å². The Hall–Kier alpha value is -1.92. The molecule has 1 N–H and O–H groups in total. The summed E-state index contributed by atoms with van der Waals surface area (Å²) >= 11 is 6.15. The molecule has 130 valence electrons. The summed E-state index contributed by atoms with van der Waals surface area (Å²) in [7, 11) is 0. The number of carbonyl (C=O) groups excluding carboxylic acids is 1. The van der Waals surface area contributed by atoms with Crippen LogP contribution in [0.5, 0.6) is 0 Å². The van der Waals surface area contributed by atoms with E-state index in [2.05, 4.69) is 17.1 Å². The van der Waals surface area contributed by atoms with Crippen LogP contribution in [0, 0.1) is 0 Å². The summed E-state index contributed by atoms with van der Waals surface area (Å²) in [5.41, 5.74) is 0.911. The zero-order valence-corrected chi connectivity index (χ0v) is 14.4. The summed E-state index contributed by atoms with van der Waals surface area (Å²) in [6, 6.07) is 7.49. The van der Waals surface area contributed by atoms with Crippen molar-refractivity contribution >= 4 is 18.0 Å². The molecule has 0 spiro atoms. The summed E-state index contributed by atoms with van der Waals surface area (Å²) in [5.74, 6) is 0.725. The minimum absolute atomic E-state index is 0.140. The number of hydroxylamine groups is 2. The van der Waals surface area contributed by atoms with E-state index in [-0.39, 0.29) is 12.5 Å². The van der Waals surface area contributed by atoms with Gasteiger partial charge in [0.05, 0.1) is 18.9 Å². The van der Waals surface area contributed by atoms with Gasteiger partial charge in [-0.1, -0.05) is 56.0 Å². The van der Waals surface area contributed by atoms with Gasteiger partial charge in [0.1, 0.15) is 0 Å². The van der Waals surface area contributed by atoms with Crippen molar-refractivity contribution in [3.63, 3.8) is 0 Å². The molecule has 0 unspecified atom stereocenters. The van der Waals surface area contributed by atoms with Crippen molar-refractivity contribution in [2.75, 3.05) is 6.54 Å². The molecule has 0 saturated carbocycles. The second-order valence-electron chi connectivity index (χ2n) is 5.72. The Labute approximate surface area is 146 Å². The first kappa shape index (κ1) is 18.4. The number of nitrogens with zero attached hydrogens (tertiary/aromatic N) is 3. The van der Waals surface area contributed by atoms with Crippen molar-refractivity contribution in [3.05, 3.63) is 46.6 Å². The molecule has 1 aromatic carbocycles. The molecule has 0 fully saturated rings. The van der Waals surface area contributed by atoms with Crippen LogP contribution in [0.2, 0.25) is 5.02 Å². The minimum Gasteiger partial charge on any atom is -0.425 e. The van der Waals surface area contributed by atoms with Gasteiger partial charge >= 0.3 is 0 Å². The molecule has 1 heterocycles. The molecule has 0 bridgehead atoms. The van der Waals surface area contributed by atoms with Crippen molar-refractivity contribution in [1.29, 1.82) is 0 Å². The number of amides is 1. The van der Waals surface area contributed by atoms with Crippen molar-refractivity contribution in [1.82, 2.24) is 15.3 Å². The molecular weight excluding hydrogens is 330 g/mol. The van der Waals surface area contributed by atoms with Crippen molar-refractivity contribution in [3.8, 4) is 0 Å². The molecule has 2 rings (SSSR count). The second kappa shape index (κ2) is 9.39. The Bertz CT molecular complexity index is 648. The molecule has 0 aliphatic rings. The van der Waals surface area contributed by atoms with Gasteiger partial charge in [0, 0.05) is 5.02 Å². The van der Waals surface area contributed by atoms with E-state index in [1.54, 1.807) is 0 Å². The highest BCUT2D eigenvalue weighted by Crippen LogP contribution is 2.24. The highest BCUT2D eigenvalue weighted by atomic mass is 35.5. The van der Waals surface area contributed by atoms with E-state index in [1.165, 1.54) is 0 Å². The maximum Gasteiger partial charge on any atom is 0.233 e. The topological polar surface area (TPSA) is 79.5 Å². The van der Waals surface area contributed by atoms with Gasteiger partial charge in [0.25, 0.3) is 0 Å². The summed E-state index contributed by atoms with van der Waals surface area (Å²) < 4.78 is 5.75. The summed E-state index contributed by atoms with van der Waals surface area (Å²) in [5, 5.41) is 18.9. The van der Waals surface area contributed by atoms with Gasteiger partial charge < -0.3 is 4.42 Å². The molecule has 24 heavy (non-hydrogen) atoms. The quantitative estimate of drug-likeness (QED) is 0.304. The lowest BCUT2D eigenvalue weighted by molar-refractivity contribution is -0.151. The van der Waals surface area contributed by atoms with Gasteiger partial charge in [-0.05, 0) is 18.1 Å².